The summed E-state index contributed by atoms with van der Waals surface area (Å²) in [5.74, 6) is 0.488. The van der Waals surface area contributed by atoms with Crippen LogP contribution >= 0.6 is 0 Å². The van der Waals surface area contributed by atoms with Crippen molar-refractivity contribution in [1.82, 2.24) is 25.0 Å². The van der Waals surface area contributed by atoms with Crippen molar-refractivity contribution in [3.63, 3.8) is 0 Å². The van der Waals surface area contributed by atoms with Gasteiger partial charge in [-0.1, -0.05) is 12.1 Å². The fourth-order valence-corrected chi connectivity index (χ4v) is 4.04. The van der Waals surface area contributed by atoms with E-state index in [2.05, 4.69) is 20.4 Å². The number of anilines is 1. The van der Waals surface area contributed by atoms with Crippen molar-refractivity contribution in [2.24, 2.45) is 5.92 Å². The number of hydrogen-bond donors (Lipinski definition) is 1. The first-order valence-electron chi connectivity index (χ1n) is 11.2. The van der Waals surface area contributed by atoms with E-state index in [1.54, 1.807) is 24.7 Å². The maximum absolute atomic E-state index is 14.9. The van der Waals surface area contributed by atoms with E-state index in [-0.39, 0.29) is 17.6 Å². The van der Waals surface area contributed by atoms with Gasteiger partial charge in [-0.15, -0.1) is 0 Å². The molecule has 32 heavy (non-hydrogen) atoms. The predicted octanol–water partition coefficient (Wildman–Crippen LogP) is 3.45. The summed E-state index contributed by atoms with van der Waals surface area (Å²) in [4.78, 5) is 22.9. The Hall–Kier alpha value is -3.23. The molecule has 1 aliphatic rings. The highest BCUT2D eigenvalue weighted by molar-refractivity contribution is 5.79. The maximum atomic E-state index is 14.9. The largest absolute Gasteiger partial charge is 0.368 e. The molecule has 0 aliphatic carbocycles. The number of rotatable bonds is 9. The molecule has 0 spiro atoms. The summed E-state index contributed by atoms with van der Waals surface area (Å²) in [5.41, 5.74) is 1.06. The van der Waals surface area contributed by atoms with Gasteiger partial charge in [-0.25, -0.2) is 9.37 Å². The number of carbonyl (C=O) groups is 1. The van der Waals surface area contributed by atoms with Crippen molar-refractivity contribution >= 4 is 11.6 Å². The Kier molecular flexibility index (Phi) is 7.14. The van der Waals surface area contributed by atoms with Gasteiger partial charge in [0.15, 0.2) is 5.82 Å². The van der Waals surface area contributed by atoms with Crippen LogP contribution in [0.3, 0.4) is 0 Å². The van der Waals surface area contributed by atoms with Gasteiger partial charge in [0.25, 0.3) is 5.89 Å². The normalized spacial score (nSPS) is 16.3. The summed E-state index contributed by atoms with van der Waals surface area (Å²) in [5, 5.41) is 6.95. The Morgan fingerprint density at radius 3 is 3.06 bits per heavy atom. The molecule has 9 heteroatoms. The third kappa shape index (κ3) is 5.33. The van der Waals surface area contributed by atoms with Crippen molar-refractivity contribution in [3.05, 3.63) is 48.6 Å². The van der Waals surface area contributed by atoms with Crippen molar-refractivity contribution in [3.8, 4) is 11.5 Å². The molecule has 8 nitrogen and oxygen atoms in total. The molecule has 1 N–H and O–H groups in total. The lowest BCUT2D eigenvalue weighted by Gasteiger charge is -2.34. The van der Waals surface area contributed by atoms with Gasteiger partial charge in [0.1, 0.15) is 5.82 Å². The molecule has 170 valence electrons. The molecule has 2 aromatic heterocycles. The second-order valence-corrected chi connectivity index (χ2v) is 8.16. The van der Waals surface area contributed by atoms with Gasteiger partial charge >= 0.3 is 0 Å². The van der Waals surface area contributed by atoms with Crippen molar-refractivity contribution < 1.29 is 13.7 Å². The number of imidazole rings is 1. The van der Waals surface area contributed by atoms with E-state index in [9.17, 15) is 9.18 Å². The van der Waals surface area contributed by atoms with Gasteiger partial charge in [-0.3, -0.25) is 4.79 Å². The van der Waals surface area contributed by atoms with E-state index in [1.807, 2.05) is 22.6 Å². The van der Waals surface area contributed by atoms with Crippen LogP contribution in [-0.2, 0) is 17.8 Å². The van der Waals surface area contributed by atoms with E-state index < -0.39 is 0 Å². The van der Waals surface area contributed by atoms with E-state index in [0.717, 1.165) is 45.2 Å². The number of carbonyl (C=O) groups excluding carboxylic acids is 1. The van der Waals surface area contributed by atoms with Crippen LogP contribution < -0.4 is 10.2 Å². The number of benzene rings is 1. The number of nitrogens with zero attached hydrogens (tertiary/aromatic N) is 5. The summed E-state index contributed by atoms with van der Waals surface area (Å²) >= 11 is 0. The second kappa shape index (κ2) is 10.4. The van der Waals surface area contributed by atoms with Crippen LogP contribution in [0.1, 0.15) is 38.4 Å². The van der Waals surface area contributed by atoms with Crippen molar-refractivity contribution in [1.29, 1.82) is 0 Å². The van der Waals surface area contributed by atoms with Crippen LogP contribution in [0.5, 0.6) is 0 Å². The minimum Gasteiger partial charge on any atom is -0.368 e. The predicted molar refractivity (Wildman–Crippen MR) is 118 cm³/mol. The molecular weight excluding hydrogens is 411 g/mol. The zero-order chi connectivity index (χ0) is 22.3. The molecule has 0 saturated carbocycles. The highest BCUT2D eigenvalue weighted by Crippen LogP contribution is 2.29. The van der Waals surface area contributed by atoms with Gasteiger partial charge in [0.2, 0.25) is 5.91 Å². The topological polar surface area (TPSA) is 89.1 Å². The quantitative estimate of drug-likeness (QED) is 0.513. The summed E-state index contributed by atoms with van der Waals surface area (Å²) in [6, 6.07) is 4.96. The molecule has 1 saturated heterocycles. The molecule has 1 aromatic carbocycles. The van der Waals surface area contributed by atoms with Crippen LogP contribution in [0.4, 0.5) is 10.1 Å². The zero-order valence-electron chi connectivity index (χ0n) is 18.3. The number of halogens is 1. The number of piperidine rings is 1. The summed E-state index contributed by atoms with van der Waals surface area (Å²) in [6.45, 7) is 4.69. The molecule has 1 atom stereocenters. The maximum Gasteiger partial charge on any atom is 0.258 e. The molecule has 1 unspecified atom stereocenters. The Morgan fingerprint density at radius 1 is 1.38 bits per heavy atom. The van der Waals surface area contributed by atoms with E-state index in [1.165, 1.54) is 6.07 Å². The van der Waals surface area contributed by atoms with E-state index in [4.69, 9.17) is 4.52 Å². The van der Waals surface area contributed by atoms with E-state index >= 15 is 0 Å². The SMILES string of the molecule is CCCc1noc(-c2ccc(N3CCCC(C(=O)NCCCn4ccnc4)C3)c(F)c2)n1. The third-order valence-corrected chi connectivity index (χ3v) is 5.72. The first kappa shape index (κ1) is 22.0. The minimum atomic E-state index is -0.348. The van der Waals surface area contributed by atoms with Crippen LogP contribution in [-0.4, -0.2) is 45.2 Å². The fourth-order valence-electron chi connectivity index (χ4n) is 4.04. The molecule has 0 radical (unpaired) electrons. The molecule has 1 fully saturated rings. The summed E-state index contributed by atoms with van der Waals surface area (Å²) < 4.78 is 22.2. The van der Waals surface area contributed by atoms with Crippen molar-refractivity contribution in [2.75, 3.05) is 24.5 Å². The average molecular weight is 441 g/mol. The summed E-state index contributed by atoms with van der Waals surface area (Å²) in [6.07, 6.45) is 9.55. The highest BCUT2D eigenvalue weighted by atomic mass is 19.1. The summed E-state index contributed by atoms with van der Waals surface area (Å²) in [7, 11) is 0. The highest BCUT2D eigenvalue weighted by Gasteiger charge is 2.27. The van der Waals surface area contributed by atoms with Gasteiger partial charge in [-0.2, -0.15) is 4.98 Å². The standard InChI is InChI=1S/C23H29FN6O2/c1-2-5-21-27-23(32-28-21)17-7-8-20(19(24)14-17)30-12-3-6-18(15-30)22(31)26-9-4-11-29-13-10-25-16-29/h7-8,10,13-14,16,18H,2-6,9,11-12,15H2,1H3,(H,26,31). The lowest BCUT2D eigenvalue weighted by atomic mass is 9.96. The molecule has 0 bridgehead atoms. The molecule has 1 amide bonds. The number of hydrogen-bond acceptors (Lipinski definition) is 6. The second-order valence-electron chi connectivity index (χ2n) is 8.16. The Bertz CT molecular complexity index is 1020. The molecule has 4 rings (SSSR count). The first-order valence-corrected chi connectivity index (χ1v) is 11.2. The van der Waals surface area contributed by atoms with Gasteiger partial charge in [-0.05, 0) is 43.9 Å². The average Bonchev–Trinajstić information content (AvgIpc) is 3.49. The van der Waals surface area contributed by atoms with Crippen LogP contribution in [0, 0.1) is 11.7 Å². The Morgan fingerprint density at radius 2 is 2.28 bits per heavy atom. The van der Waals surface area contributed by atoms with Gasteiger partial charge < -0.3 is 19.3 Å². The molecule has 1 aliphatic heterocycles. The van der Waals surface area contributed by atoms with Crippen LogP contribution in [0.15, 0.2) is 41.4 Å². The van der Waals surface area contributed by atoms with Crippen molar-refractivity contribution in [2.45, 2.75) is 45.6 Å². The van der Waals surface area contributed by atoms with Crippen LogP contribution in [0.25, 0.3) is 11.5 Å². The smallest absolute Gasteiger partial charge is 0.258 e. The molecular formula is C23H29FN6O2. The van der Waals surface area contributed by atoms with E-state index in [0.29, 0.717) is 36.1 Å². The van der Waals surface area contributed by atoms with Gasteiger partial charge in [0, 0.05) is 50.6 Å². The number of amides is 1. The Balaban J connectivity index is 1.33. The zero-order valence-corrected chi connectivity index (χ0v) is 18.3. The number of nitrogens with one attached hydrogen (secondary N) is 1. The number of aromatic nitrogens is 4. The number of aryl methyl sites for hydroxylation is 2. The monoisotopic (exact) mass is 440 g/mol. The molecule has 3 heterocycles. The minimum absolute atomic E-state index is 0.0340. The lowest BCUT2D eigenvalue weighted by Crippen LogP contribution is -2.43. The van der Waals surface area contributed by atoms with Gasteiger partial charge in [0.05, 0.1) is 17.9 Å². The Labute approximate surface area is 186 Å². The third-order valence-electron chi connectivity index (χ3n) is 5.72. The fraction of sp³-hybridized carbons (Fsp3) is 0.478. The lowest BCUT2D eigenvalue weighted by molar-refractivity contribution is -0.125. The molecule has 3 aromatic rings. The van der Waals surface area contributed by atoms with Crippen LogP contribution in [0.2, 0.25) is 0 Å². The first-order chi connectivity index (χ1) is 15.6.